The van der Waals surface area contributed by atoms with Crippen molar-refractivity contribution in [1.82, 2.24) is 4.31 Å². The summed E-state index contributed by atoms with van der Waals surface area (Å²) in [6.45, 7) is 4.34. The molecule has 2 atom stereocenters. The largest absolute Gasteiger partial charge is 0.389 e. The Balaban J connectivity index is 2.35. The summed E-state index contributed by atoms with van der Waals surface area (Å²) < 4.78 is 32.3. The van der Waals surface area contributed by atoms with Crippen molar-refractivity contribution >= 4 is 38.8 Å². The van der Waals surface area contributed by atoms with Crippen molar-refractivity contribution in [2.45, 2.75) is 31.0 Å². The Morgan fingerprint density at radius 2 is 1.95 bits per heavy atom. The van der Waals surface area contributed by atoms with Gasteiger partial charge in [-0.15, -0.1) is 0 Å². The van der Waals surface area contributed by atoms with Crippen LogP contribution in [0.25, 0.3) is 0 Å². The second-order valence-corrected chi connectivity index (χ2v) is 7.87. The second kappa shape index (κ2) is 6.18. The van der Waals surface area contributed by atoms with Crippen LogP contribution < -0.4 is 5.73 Å². The zero-order valence-electron chi connectivity index (χ0n) is 11.7. The summed E-state index contributed by atoms with van der Waals surface area (Å²) in [4.78, 5) is 0.270. The van der Waals surface area contributed by atoms with Crippen molar-refractivity contribution in [3.8, 4) is 0 Å². The molecule has 0 amide bonds. The van der Waals surface area contributed by atoms with Crippen LogP contribution in [0, 0.1) is 0 Å². The summed E-state index contributed by atoms with van der Waals surface area (Å²) >= 11 is 10.9. The summed E-state index contributed by atoms with van der Waals surface area (Å²) in [6.07, 6.45) is -0.287. The van der Waals surface area contributed by atoms with Gasteiger partial charge in [-0.25, -0.2) is 8.42 Å². The van der Waals surface area contributed by atoms with Gasteiger partial charge in [0.2, 0.25) is 10.0 Å². The average molecular weight is 349 g/mol. The maximum atomic E-state index is 12.7. The molecule has 1 aromatic carbocycles. The van der Waals surface area contributed by atoms with Crippen molar-refractivity contribution in [3.05, 3.63) is 28.8 Å². The van der Waals surface area contributed by atoms with E-state index in [-0.39, 0.29) is 27.1 Å². The summed E-state index contributed by atoms with van der Waals surface area (Å²) in [5.41, 5.74) is 5.99. The zero-order valence-corrected chi connectivity index (χ0v) is 14.1. The Bertz CT molecular complexity index is 653. The van der Waals surface area contributed by atoms with E-state index in [0.29, 0.717) is 18.7 Å². The predicted molar refractivity (Wildman–Crippen MR) is 86.1 cm³/mol. The second-order valence-electron chi connectivity index (χ2n) is 5.09. The molecule has 2 unspecified atom stereocenters. The fourth-order valence-corrected chi connectivity index (χ4v) is 4.53. The van der Waals surface area contributed by atoms with Gasteiger partial charge in [0.15, 0.2) is 0 Å². The molecule has 1 aromatic rings. The molecule has 0 radical (unpaired) electrons. The first kappa shape index (κ1) is 16.6. The quantitative estimate of drug-likeness (QED) is 0.843. The van der Waals surface area contributed by atoms with Gasteiger partial charge in [0.1, 0.15) is 4.99 Å². The molecule has 0 aromatic heterocycles. The first-order valence-corrected chi connectivity index (χ1v) is 8.69. The first-order chi connectivity index (χ1) is 9.71. The summed E-state index contributed by atoms with van der Waals surface area (Å²) in [5, 5.41) is 0.234. The van der Waals surface area contributed by atoms with Crippen LogP contribution >= 0.6 is 23.8 Å². The smallest absolute Gasteiger partial charge is 0.243 e. The standard InChI is InChI=1S/C13H17ClN2O3S2/c1-8-6-16(7-9(2)19-8)21(17,18)10-3-4-11(13(15)20)12(14)5-10/h3-5,8-9H,6-7H2,1-2H3,(H2,15,20). The molecular formula is C13H17ClN2O3S2. The molecule has 0 aliphatic carbocycles. The Labute approximate surface area is 135 Å². The molecule has 8 heteroatoms. The van der Waals surface area contributed by atoms with E-state index in [0.717, 1.165) is 0 Å². The number of hydrogen-bond acceptors (Lipinski definition) is 4. The van der Waals surface area contributed by atoms with Crippen LogP contribution in [0.4, 0.5) is 0 Å². The van der Waals surface area contributed by atoms with Gasteiger partial charge in [-0.1, -0.05) is 23.8 Å². The Morgan fingerprint density at radius 1 is 1.38 bits per heavy atom. The number of morpholine rings is 1. The third-order valence-electron chi connectivity index (χ3n) is 3.23. The molecule has 21 heavy (non-hydrogen) atoms. The van der Waals surface area contributed by atoms with E-state index in [4.69, 9.17) is 34.3 Å². The molecule has 1 aliphatic rings. The van der Waals surface area contributed by atoms with Crippen LogP contribution in [-0.4, -0.2) is 43.0 Å². The highest BCUT2D eigenvalue weighted by Gasteiger charge is 2.32. The van der Waals surface area contributed by atoms with Crippen molar-refractivity contribution in [2.75, 3.05) is 13.1 Å². The Kier molecular flexibility index (Phi) is 4.89. The number of nitrogens with two attached hydrogens (primary N) is 1. The molecule has 1 saturated heterocycles. The third kappa shape index (κ3) is 3.54. The van der Waals surface area contributed by atoms with E-state index in [1.165, 1.54) is 22.5 Å². The summed E-state index contributed by atoms with van der Waals surface area (Å²) in [6, 6.07) is 4.39. The molecule has 0 saturated carbocycles. The minimum Gasteiger partial charge on any atom is -0.389 e. The maximum Gasteiger partial charge on any atom is 0.243 e. The highest BCUT2D eigenvalue weighted by atomic mass is 35.5. The van der Waals surface area contributed by atoms with Crippen molar-refractivity contribution < 1.29 is 13.2 Å². The number of ether oxygens (including phenoxy) is 1. The van der Waals surface area contributed by atoms with E-state index >= 15 is 0 Å². The van der Waals surface area contributed by atoms with Crippen LogP contribution in [0.15, 0.2) is 23.1 Å². The lowest BCUT2D eigenvalue weighted by Gasteiger charge is -2.34. The van der Waals surface area contributed by atoms with E-state index in [1.807, 2.05) is 13.8 Å². The monoisotopic (exact) mass is 348 g/mol. The lowest BCUT2D eigenvalue weighted by molar-refractivity contribution is -0.0440. The average Bonchev–Trinajstić information content (AvgIpc) is 2.36. The van der Waals surface area contributed by atoms with Gasteiger partial charge in [0, 0.05) is 18.7 Å². The number of sulfonamides is 1. The molecular weight excluding hydrogens is 332 g/mol. The van der Waals surface area contributed by atoms with Crippen molar-refractivity contribution in [1.29, 1.82) is 0 Å². The number of halogens is 1. The maximum absolute atomic E-state index is 12.7. The van der Waals surface area contributed by atoms with Gasteiger partial charge >= 0.3 is 0 Å². The van der Waals surface area contributed by atoms with E-state index in [1.54, 1.807) is 0 Å². The Hall–Kier alpha value is -0.730. The van der Waals surface area contributed by atoms with E-state index in [2.05, 4.69) is 0 Å². The van der Waals surface area contributed by atoms with Crippen molar-refractivity contribution in [2.24, 2.45) is 5.73 Å². The first-order valence-electron chi connectivity index (χ1n) is 6.46. The van der Waals surface area contributed by atoms with Gasteiger partial charge in [0.05, 0.1) is 22.1 Å². The molecule has 1 aliphatic heterocycles. The topological polar surface area (TPSA) is 72.6 Å². The molecule has 1 heterocycles. The molecule has 0 bridgehead atoms. The highest BCUT2D eigenvalue weighted by Crippen LogP contribution is 2.25. The van der Waals surface area contributed by atoms with Crippen LogP contribution in [0.3, 0.4) is 0 Å². The number of benzene rings is 1. The number of thiocarbonyl (C=S) groups is 1. The summed E-state index contributed by atoms with van der Waals surface area (Å²) in [7, 11) is -3.61. The molecule has 1 fully saturated rings. The number of nitrogens with zero attached hydrogens (tertiary/aromatic N) is 1. The number of rotatable bonds is 3. The van der Waals surface area contributed by atoms with Crippen molar-refractivity contribution in [3.63, 3.8) is 0 Å². The van der Waals surface area contributed by atoms with Gasteiger partial charge in [-0.05, 0) is 32.0 Å². The lowest BCUT2D eigenvalue weighted by atomic mass is 10.2. The molecule has 0 spiro atoms. The minimum absolute atomic E-state index is 0.133. The summed E-state index contributed by atoms with van der Waals surface area (Å²) in [5.74, 6) is 0. The van der Waals surface area contributed by atoms with Crippen LogP contribution in [0.1, 0.15) is 19.4 Å². The van der Waals surface area contributed by atoms with Crippen LogP contribution in [0.5, 0.6) is 0 Å². The van der Waals surface area contributed by atoms with Gasteiger partial charge in [-0.2, -0.15) is 4.31 Å². The number of hydrogen-bond donors (Lipinski definition) is 1. The Morgan fingerprint density at radius 3 is 2.43 bits per heavy atom. The highest BCUT2D eigenvalue weighted by molar-refractivity contribution is 7.89. The lowest BCUT2D eigenvalue weighted by Crippen LogP contribution is -2.48. The molecule has 116 valence electrons. The normalized spacial score (nSPS) is 24.0. The van der Waals surface area contributed by atoms with E-state index in [9.17, 15) is 8.42 Å². The molecule has 2 rings (SSSR count). The SMILES string of the molecule is CC1CN(S(=O)(=O)c2ccc(C(N)=S)c(Cl)c2)CC(C)O1. The van der Waals surface area contributed by atoms with Crippen LogP contribution in [0.2, 0.25) is 5.02 Å². The van der Waals surface area contributed by atoms with Gasteiger partial charge < -0.3 is 10.5 Å². The fraction of sp³-hybridized carbons (Fsp3) is 0.462. The predicted octanol–water partition coefficient (Wildman–Crippen LogP) is 1.77. The zero-order chi connectivity index (χ0) is 15.8. The van der Waals surface area contributed by atoms with E-state index < -0.39 is 10.0 Å². The molecule has 2 N–H and O–H groups in total. The van der Waals surface area contributed by atoms with Gasteiger partial charge in [0.25, 0.3) is 0 Å². The fourth-order valence-electron chi connectivity index (χ4n) is 2.33. The minimum atomic E-state index is -3.61. The molecule has 5 nitrogen and oxygen atoms in total. The van der Waals surface area contributed by atoms with Crippen LogP contribution in [-0.2, 0) is 14.8 Å². The van der Waals surface area contributed by atoms with Gasteiger partial charge in [-0.3, -0.25) is 0 Å². The third-order valence-corrected chi connectivity index (χ3v) is 5.59.